The summed E-state index contributed by atoms with van der Waals surface area (Å²) in [6, 6.07) is 11.9. The molecule has 0 aromatic heterocycles. The summed E-state index contributed by atoms with van der Waals surface area (Å²) in [7, 11) is 0. The number of rotatable bonds is 6. The molecule has 0 aliphatic heterocycles. The smallest absolute Gasteiger partial charge is 0.288 e. The highest BCUT2D eigenvalue weighted by molar-refractivity contribution is 7.99. The van der Waals surface area contributed by atoms with Crippen molar-refractivity contribution in [2.45, 2.75) is 17.6 Å². The van der Waals surface area contributed by atoms with E-state index >= 15 is 0 Å². The molecule has 2 aromatic carbocycles. The lowest BCUT2D eigenvalue weighted by Crippen LogP contribution is -2.22. The number of anilines is 2. The molecule has 0 spiro atoms. The molecule has 1 amide bonds. The minimum absolute atomic E-state index is 0.0174. The summed E-state index contributed by atoms with van der Waals surface area (Å²) in [5.41, 5.74) is 2.02. The van der Waals surface area contributed by atoms with Crippen LogP contribution < -0.4 is 10.6 Å². The van der Waals surface area contributed by atoms with Crippen LogP contribution in [-0.4, -0.2) is 18.2 Å². The third kappa shape index (κ3) is 5.41. The summed E-state index contributed by atoms with van der Waals surface area (Å²) in [6.45, 7) is 1.90. The summed E-state index contributed by atoms with van der Waals surface area (Å²) in [5, 5.41) is 6.06. The van der Waals surface area contributed by atoms with E-state index in [1.807, 2.05) is 13.0 Å². The Kier molecular flexibility index (Phi) is 6.24. The minimum Gasteiger partial charge on any atom is -0.375 e. The average Bonchev–Trinajstić information content (AvgIpc) is 2.48. The van der Waals surface area contributed by atoms with Gasteiger partial charge in [-0.25, -0.2) is 0 Å². The Balaban J connectivity index is 1.97. The lowest BCUT2D eigenvalue weighted by atomic mass is 10.2. The number of alkyl halides is 2. The van der Waals surface area contributed by atoms with Crippen molar-refractivity contribution < 1.29 is 13.6 Å². The molecule has 0 aliphatic rings. The normalized spacial score (nSPS) is 10.7. The predicted molar refractivity (Wildman–Crippen MR) is 91.6 cm³/mol. The van der Waals surface area contributed by atoms with Gasteiger partial charge in [0.25, 0.3) is 5.76 Å². The standard InChI is InChI=1S/C16H15ClF2N2OS/c1-10-6-7-12(11(17)8-10)20-9-15(22)21-13-4-2-3-5-14(13)23-16(18)19/h2-8,16,20H,9H2,1H3,(H,21,22). The van der Waals surface area contributed by atoms with Crippen LogP contribution in [0.1, 0.15) is 5.56 Å². The number of hydrogen-bond acceptors (Lipinski definition) is 3. The lowest BCUT2D eigenvalue weighted by Gasteiger charge is -2.12. The maximum absolute atomic E-state index is 12.5. The predicted octanol–water partition coefficient (Wildman–Crippen LogP) is 5.01. The molecule has 0 saturated heterocycles. The number of aryl methyl sites for hydroxylation is 1. The van der Waals surface area contributed by atoms with Crippen LogP contribution >= 0.6 is 23.4 Å². The van der Waals surface area contributed by atoms with Crippen molar-refractivity contribution in [3.8, 4) is 0 Å². The summed E-state index contributed by atoms with van der Waals surface area (Å²) >= 11 is 6.47. The van der Waals surface area contributed by atoms with Gasteiger partial charge >= 0.3 is 0 Å². The highest BCUT2D eigenvalue weighted by Gasteiger charge is 2.12. The number of hydrogen-bond donors (Lipinski definition) is 2. The number of nitrogens with one attached hydrogen (secondary N) is 2. The second kappa shape index (κ2) is 8.17. The van der Waals surface area contributed by atoms with Crippen molar-refractivity contribution in [2.75, 3.05) is 17.2 Å². The van der Waals surface area contributed by atoms with Gasteiger partial charge in [-0.3, -0.25) is 4.79 Å². The lowest BCUT2D eigenvalue weighted by molar-refractivity contribution is -0.114. The Morgan fingerprint density at radius 1 is 1.22 bits per heavy atom. The van der Waals surface area contributed by atoms with Crippen LogP contribution in [0.15, 0.2) is 47.4 Å². The van der Waals surface area contributed by atoms with Crippen LogP contribution in [0.2, 0.25) is 5.02 Å². The van der Waals surface area contributed by atoms with Gasteiger partial charge in [-0.1, -0.05) is 41.6 Å². The highest BCUT2D eigenvalue weighted by atomic mass is 35.5. The number of carbonyl (C=O) groups is 1. The average molecular weight is 357 g/mol. The topological polar surface area (TPSA) is 41.1 Å². The first kappa shape index (κ1) is 17.6. The van der Waals surface area contributed by atoms with Crippen LogP contribution in [0.3, 0.4) is 0 Å². The van der Waals surface area contributed by atoms with E-state index in [2.05, 4.69) is 10.6 Å². The summed E-state index contributed by atoms with van der Waals surface area (Å²) in [4.78, 5) is 12.3. The zero-order valence-electron chi connectivity index (χ0n) is 12.3. The first-order valence-electron chi connectivity index (χ1n) is 6.79. The molecule has 0 heterocycles. The van der Waals surface area contributed by atoms with Crippen molar-refractivity contribution in [1.29, 1.82) is 0 Å². The summed E-state index contributed by atoms with van der Waals surface area (Å²) < 4.78 is 25.0. The second-order valence-electron chi connectivity index (χ2n) is 4.76. The molecule has 0 aliphatic carbocycles. The molecule has 2 rings (SSSR count). The molecular weight excluding hydrogens is 342 g/mol. The largest absolute Gasteiger partial charge is 0.375 e. The molecular formula is C16H15ClF2N2OS. The Morgan fingerprint density at radius 3 is 2.65 bits per heavy atom. The van der Waals surface area contributed by atoms with Gasteiger partial charge < -0.3 is 10.6 Å². The second-order valence-corrected chi connectivity index (χ2v) is 6.20. The molecule has 2 N–H and O–H groups in total. The van der Waals surface area contributed by atoms with Gasteiger partial charge in [-0.2, -0.15) is 8.78 Å². The molecule has 0 bridgehead atoms. The third-order valence-electron chi connectivity index (χ3n) is 2.94. The maximum atomic E-state index is 12.5. The van der Waals surface area contributed by atoms with E-state index in [-0.39, 0.29) is 12.5 Å². The summed E-state index contributed by atoms with van der Waals surface area (Å²) in [6.07, 6.45) is 0. The van der Waals surface area contributed by atoms with E-state index in [0.717, 1.165) is 5.56 Å². The molecule has 0 fully saturated rings. The fourth-order valence-electron chi connectivity index (χ4n) is 1.90. The van der Waals surface area contributed by atoms with E-state index in [9.17, 15) is 13.6 Å². The Labute approximate surface area is 142 Å². The molecule has 7 heteroatoms. The molecule has 0 unspecified atom stereocenters. The first-order chi connectivity index (χ1) is 11.0. The monoisotopic (exact) mass is 356 g/mol. The van der Waals surface area contributed by atoms with Crippen LogP contribution in [0.5, 0.6) is 0 Å². The summed E-state index contributed by atoms with van der Waals surface area (Å²) in [5.74, 6) is -2.89. The molecule has 0 radical (unpaired) electrons. The highest BCUT2D eigenvalue weighted by Crippen LogP contribution is 2.31. The fraction of sp³-hybridized carbons (Fsp3) is 0.188. The SMILES string of the molecule is Cc1ccc(NCC(=O)Nc2ccccc2SC(F)F)c(Cl)c1. The molecule has 122 valence electrons. The van der Waals surface area contributed by atoms with Gasteiger partial charge in [0.05, 0.1) is 22.9 Å². The van der Waals surface area contributed by atoms with Crippen molar-refractivity contribution >= 4 is 40.6 Å². The number of benzene rings is 2. The maximum Gasteiger partial charge on any atom is 0.288 e. The quantitative estimate of drug-likeness (QED) is 0.714. The van der Waals surface area contributed by atoms with Crippen molar-refractivity contribution in [1.82, 2.24) is 0 Å². The van der Waals surface area contributed by atoms with Crippen LogP contribution in [-0.2, 0) is 4.79 Å². The van der Waals surface area contributed by atoms with E-state index in [1.54, 1.807) is 30.3 Å². The molecule has 0 atom stereocenters. The van der Waals surface area contributed by atoms with E-state index in [1.165, 1.54) is 6.07 Å². The van der Waals surface area contributed by atoms with Gasteiger partial charge in [0.1, 0.15) is 0 Å². The Hall–Kier alpha value is -1.79. The zero-order valence-corrected chi connectivity index (χ0v) is 13.8. The Bertz CT molecular complexity index is 698. The van der Waals surface area contributed by atoms with Crippen LogP contribution in [0.25, 0.3) is 0 Å². The number of halogens is 3. The van der Waals surface area contributed by atoms with Gasteiger partial charge in [0, 0.05) is 4.90 Å². The van der Waals surface area contributed by atoms with Crippen LogP contribution in [0, 0.1) is 6.92 Å². The van der Waals surface area contributed by atoms with Gasteiger partial charge in [-0.05, 0) is 36.8 Å². The van der Waals surface area contributed by atoms with Crippen molar-refractivity contribution in [2.24, 2.45) is 0 Å². The van der Waals surface area contributed by atoms with Crippen molar-refractivity contribution in [3.05, 3.63) is 53.1 Å². The van der Waals surface area contributed by atoms with Gasteiger partial charge in [0.15, 0.2) is 0 Å². The number of carbonyl (C=O) groups excluding carboxylic acids is 1. The van der Waals surface area contributed by atoms with Crippen molar-refractivity contribution in [3.63, 3.8) is 0 Å². The molecule has 2 aromatic rings. The third-order valence-corrected chi connectivity index (χ3v) is 4.04. The van der Waals surface area contributed by atoms with Gasteiger partial charge in [-0.15, -0.1) is 0 Å². The number of amides is 1. The zero-order chi connectivity index (χ0) is 16.8. The van der Waals surface area contributed by atoms with Crippen LogP contribution in [0.4, 0.5) is 20.2 Å². The number of thioether (sulfide) groups is 1. The molecule has 23 heavy (non-hydrogen) atoms. The number of para-hydroxylation sites is 1. The van der Waals surface area contributed by atoms with E-state index in [0.29, 0.717) is 33.1 Å². The van der Waals surface area contributed by atoms with E-state index < -0.39 is 5.76 Å². The van der Waals surface area contributed by atoms with E-state index in [4.69, 9.17) is 11.6 Å². The fourth-order valence-corrected chi connectivity index (χ4v) is 2.80. The Morgan fingerprint density at radius 2 is 1.96 bits per heavy atom. The van der Waals surface area contributed by atoms with Gasteiger partial charge in [0.2, 0.25) is 5.91 Å². The molecule has 0 saturated carbocycles. The first-order valence-corrected chi connectivity index (χ1v) is 8.05. The minimum atomic E-state index is -2.54. The molecule has 3 nitrogen and oxygen atoms in total.